The summed E-state index contributed by atoms with van der Waals surface area (Å²) in [6.45, 7) is 0. The van der Waals surface area contributed by atoms with Gasteiger partial charge in [-0.25, -0.2) is 0 Å². The van der Waals surface area contributed by atoms with E-state index in [0.29, 0.717) is 10.9 Å². The maximum Gasteiger partial charge on any atom is 0.249 e. The van der Waals surface area contributed by atoms with Crippen LogP contribution in [-0.4, -0.2) is 17.7 Å². The molecule has 1 N–H and O–H groups in total. The molecule has 0 unspecified atom stereocenters. The maximum atomic E-state index is 13.0. The number of hydrogen-bond donors (Lipinski definition) is 1. The van der Waals surface area contributed by atoms with Gasteiger partial charge in [0.1, 0.15) is 6.04 Å². The Bertz CT molecular complexity index is 823. The third-order valence-electron chi connectivity index (χ3n) is 5.42. The van der Waals surface area contributed by atoms with Crippen LogP contribution in [0.3, 0.4) is 0 Å². The van der Waals surface area contributed by atoms with Crippen molar-refractivity contribution >= 4 is 28.9 Å². The van der Waals surface area contributed by atoms with Gasteiger partial charge >= 0.3 is 0 Å². The first kappa shape index (κ1) is 17.3. The summed E-state index contributed by atoms with van der Waals surface area (Å²) in [7, 11) is 0. The van der Waals surface area contributed by atoms with Crippen LogP contribution in [0.15, 0.2) is 53.5 Å². The summed E-state index contributed by atoms with van der Waals surface area (Å²) in [6, 6.07) is 15.3. The molecule has 0 saturated heterocycles. The Kier molecular flexibility index (Phi) is 5.07. The number of fused-ring (bicyclic) bond motifs is 1. The number of carbonyl (C=O) groups is 1. The Morgan fingerprint density at radius 2 is 1.69 bits per heavy atom. The Labute approximate surface area is 159 Å². The molecule has 1 heterocycles. The minimum Gasteiger partial charge on any atom is -0.324 e. The van der Waals surface area contributed by atoms with Crippen molar-refractivity contribution in [2.75, 3.05) is 5.32 Å². The monoisotopic (exact) mass is 366 g/mol. The third kappa shape index (κ3) is 3.54. The number of carbonyl (C=O) groups excluding carboxylic acids is 1. The smallest absolute Gasteiger partial charge is 0.249 e. The van der Waals surface area contributed by atoms with E-state index in [1.165, 1.54) is 25.7 Å². The molecule has 0 aromatic heterocycles. The van der Waals surface area contributed by atoms with E-state index in [9.17, 15) is 4.79 Å². The number of benzene rings is 2. The van der Waals surface area contributed by atoms with Gasteiger partial charge < -0.3 is 5.32 Å². The zero-order valence-corrected chi connectivity index (χ0v) is 15.5. The number of hydrogen-bond acceptors (Lipinski definition) is 2. The first-order chi connectivity index (χ1) is 12.7. The van der Waals surface area contributed by atoms with Gasteiger partial charge in [-0.2, -0.15) is 0 Å². The van der Waals surface area contributed by atoms with E-state index >= 15 is 0 Å². The van der Waals surface area contributed by atoms with Crippen molar-refractivity contribution in [3.05, 3.63) is 64.7 Å². The van der Waals surface area contributed by atoms with Gasteiger partial charge in [-0.15, -0.1) is 0 Å². The highest BCUT2D eigenvalue weighted by atomic mass is 35.5. The number of halogens is 1. The molecule has 26 heavy (non-hydrogen) atoms. The molecule has 1 atom stereocenters. The fourth-order valence-corrected chi connectivity index (χ4v) is 4.24. The van der Waals surface area contributed by atoms with Gasteiger partial charge in [0.25, 0.3) is 0 Å². The highest BCUT2D eigenvalue weighted by Crippen LogP contribution is 2.33. The predicted molar refractivity (Wildman–Crippen MR) is 107 cm³/mol. The molecule has 1 fully saturated rings. The van der Waals surface area contributed by atoms with E-state index in [0.717, 1.165) is 35.4 Å². The summed E-state index contributed by atoms with van der Waals surface area (Å²) in [6.07, 6.45) is 7.03. The topological polar surface area (TPSA) is 41.5 Å². The molecule has 1 aliphatic heterocycles. The second kappa shape index (κ2) is 7.63. The molecular formula is C22H23ClN2O. The Balaban J connectivity index is 1.82. The summed E-state index contributed by atoms with van der Waals surface area (Å²) in [5.41, 5.74) is 3.56. The lowest BCUT2D eigenvalue weighted by Gasteiger charge is -2.21. The lowest BCUT2D eigenvalue weighted by atomic mass is 9.91. The SMILES string of the molecule is O=C1Nc2ccc(Cl)cc2C(c2ccccc2)=N[C@H]1C1CCCCCC1. The molecule has 0 spiro atoms. The van der Waals surface area contributed by atoms with Crippen LogP contribution in [-0.2, 0) is 4.79 Å². The predicted octanol–water partition coefficient (Wildman–Crippen LogP) is 5.47. The third-order valence-corrected chi connectivity index (χ3v) is 5.66. The molecule has 4 rings (SSSR count). The molecule has 3 nitrogen and oxygen atoms in total. The number of aliphatic imine (C=N–C) groups is 1. The average molecular weight is 367 g/mol. The number of rotatable bonds is 2. The zero-order valence-electron chi connectivity index (χ0n) is 14.7. The fourth-order valence-electron chi connectivity index (χ4n) is 4.07. The van der Waals surface area contributed by atoms with E-state index < -0.39 is 0 Å². The normalized spacial score (nSPS) is 21.2. The van der Waals surface area contributed by atoms with E-state index in [1.807, 2.05) is 48.5 Å². The standard InChI is InChI=1S/C22H23ClN2O/c23-17-12-13-19-18(14-17)20(15-8-6-3-7-9-15)25-21(22(26)24-19)16-10-4-1-2-5-11-16/h3,6-9,12-14,16,21H,1-2,4-5,10-11H2,(H,24,26)/t21-/m0/s1. The molecule has 2 aliphatic rings. The largest absolute Gasteiger partial charge is 0.324 e. The molecule has 0 bridgehead atoms. The molecule has 1 aliphatic carbocycles. The second-order valence-electron chi connectivity index (χ2n) is 7.22. The van der Waals surface area contributed by atoms with Gasteiger partial charge in [0.2, 0.25) is 5.91 Å². The number of amides is 1. The molecular weight excluding hydrogens is 344 g/mol. The van der Waals surface area contributed by atoms with Crippen LogP contribution in [0.2, 0.25) is 5.02 Å². The van der Waals surface area contributed by atoms with Gasteiger partial charge in [0.05, 0.1) is 11.4 Å². The first-order valence-electron chi connectivity index (χ1n) is 9.46. The summed E-state index contributed by atoms with van der Waals surface area (Å²) in [5, 5.41) is 3.75. The highest BCUT2D eigenvalue weighted by molar-refractivity contribution is 6.32. The van der Waals surface area contributed by atoms with Crippen molar-refractivity contribution in [3.8, 4) is 0 Å². The van der Waals surface area contributed by atoms with E-state index in [-0.39, 0.29) is 11.9 Å². The number of anilines is 1. The summed E-state index contributed by atoms with van der Waals surface area (Å²) < 4.78 is 0. The van der Waals surface area contributed by atoms with Gasteiger partial charge in [-0.05, 0) is 37.0 Å². The summed E-state index contributed by atoms with van der Waals surface area (Å²) in [4.78, 5) is 18.0. The van der Waals surface area contributed by atoms with Crippen LogP contribution < -0.4 is 5.32 Å². The van der Waals surface area contributed by atoms with E-state index in [2.05, 4.69) is 5.32 Å². The minimum atomic E-state index is -0.338. The van der Waals surface area contributed by atoms with Crippen LogP contribution in [0.1, 0.15) is 49.7 Å². The second-order valence-corrected chi connectivity index (χ2v) is 7.66. The molecule has 2 aromatic rings. The van der Waals surface area contributed by atoms with Crippen LogP contribution in [0.5, 0.6) is 0 Å². The Morgan fingerprint density at radius 3 is 2.42 bits per heavy atom. The van der Waals surface area contributed by atoms with Crippen molar-refractivity contribution in [2.45, 2.75) is 44.6 Å². The summed E-state index contributed by atoms with van der Waals surface area (Å²) >= 11 is 6.26. The zero-order chi connectivity index (χ0) is 17.9. The van der Waals surface area contributed by atoms with E-state index in [4.69, 9.17) is 16.6 Å². The molecule has 1 amide bonds. The number of nitrogens with one attached hydrogen (secondary N) is 1. The number of benzodiazepines with no additional fused rings is 1. The lowest BCUT2D eigenvalue weighted by Crippen LogP contribution is -2.32. The Morgan fingerprint density at radius 1 is 0.962 bits per heavy atom. The summed E-state index contributed by atoms with van der Waals surface area (Å²) in [5.74, 6) is 0.312. The quantitative estimate of drug-likeness (QED) is 0.703. The fraction of sp³-hybridized carbons (Fsp3) is 0.364. The maximum absolute atomic E-state index is 13.0. The van der Waals surface area contributed by atoms with E-state index in [1.54, 1.807) is 0 Å². The van der Waals surface area contributed by atoms with Gasteiger partial charge in [0.15, 0.2) is 0 Å². The van der Waals surface area contributed by atoms with Crippen LogP contribution >= 0.6 is 11.6 Å². The van der Waals surface area contributed by atoms with Crippen molar-refractivity contribution < 1.29 is 4.79 Å². The van der Waals surface area contributed by atoms with Crippen molar-refractivity contribution in [2.24, 2.45) is 10.9 Å². The highest BCUT2D eigenvalue weighted by Gasteiger charge is 2.32. The molecule has 2 aromatic carbocycles. The van der Waals surface area contributed by atoms with Gasteiger partial charge in [0, 0.05) is 16.1 Å². The van der Waals surface area contributed by atoms with Crippen LogP contribution in [0.25, 0.3) is 0 Å². The molecule has 4 heteroatoms. The molecule has 0 radical (unpaired) electrons. The van der Waals surface area contributed by atoms with Crippen molar-refractivity contribution in [1.82, 2.24) is 0 Å². The Hall–Kier alpha value is -2.13. The molecule has 134 valence electrons. The minimum absolute atomic E-state index is 0.00593. The first-order valence-corrected chi connectivity index (χ1v) is 9.84. The van der Waals surface area contributed by atoms with Crippen molar-refractivity contribution in [3.63, 3.8) is 0 Å². The van der Waals surface area contributed by atoms with Crippen LogP contribution in [0.4, 0.5) is 5.69 Å². The lowest BCUT2D eigenvalue weighted by molar-refractivity contribution is -0.118. The van der Waals surface area contributed by atoms with Gasteiger partial charge in [-0.1, -0.05) is 67.6 Å². The average Bonchev–Trinajstić information content (AvgIpc) is 3.00. The van der Waals surface area contributed by atoms with Gasteiger partial charge in [-0.3, -0.25) is 9.79 Å². The van der Waals surface area contributed by atoms with Crippen LogP contribution in [0, 0.1) is 5.92 Å². The molecule has 1 saturated carbocycles. The van der Waals surface area contributed by atoms with Crippen molar-refractivity contribution in [1.29, 1.82) is 0 Å². The number of nitrogens with zero attached hydrogens (tertiary/aromatic N) is 1.